The lowest BCUT2D eigenvalue weighted by Gasteiger charge is -2.30. The number of halogens is 1. The van der Waals surface area contributed by atoms with E-state index < -0.39 is 0 Å². The van der Waals surface area contributed by atoms with E-state index in [1.54, 1.807) is 7.11 Å². The van der Waals surface area contributed by atoms with Crippen molar-refractivity contribution in [2.24, 2.45) is 10.9 Å². The highest BCUT2D eigenvalue weighted by Gasteiger charge is 2.26. The minimum absolute atomic E-state index is 0. The molecule has 0 radical (unpaired) electrons. The number of aliphatic imine (C=N–C) groups is 1. The molecule has 0 aliphatic carbocycles. The molecule has 2 unspecified atom stereocenters. The van der Waals surface area contributed by atoms with Crippen LogP contribution in [0.1, 0.15) is 44.2 Å². The molecule has 0 aromatic heterocycles. The van der Waals surface area contributed by atoms with Crippen LogP contribution in [0.2, 0.25) is 0 Å². The molecule has 6 nitrogen and oxygen atoms in total. The van der Waals surface area contributed by atoms with Crippen LogP contribution >= 0.6 is 24.0 Å². The highest BCUT2D eigenvalue weighted by molar-refractivity contribution is 14.0. The number of hydrogen-bond acceptors (Lipinski definition) is 4. The fraction of sp³-hybridized carbons (Fsp3) is 0.696. The number of nitrogens with zero attached hydrogens (tertiary/aromatic N) is 3. The third-order valence-corrected chi connectivity index (χ3v) is 6.13. The molecule has 3 rings (SSSR count). The molecule has 0 saturated carbocycles. The molecule has 2 atom stereocenters. The van der Waals surface area contributed by atoms with Crippen LogP contribution in [-0.4, -0.2) is 75.7 Å². The zero-order valence-corrected chi connectivity index (χ0v) is 21.2. The van der Waals surface area contributed by atoms with Gasteiger partial charge in [-0.15, -0.1) is 24.0 Å². The number of hydrogen-bond donors (Lipinski definition) is 2. The van der Waals surface area contributed by atoms with Crippen LogP contribution in [-0.2, 0) is 0 Å². The summed E-state index contributed by atoms with van der Waals surface area (Å²) >= 11 is 0. The molecule has 2 aliphatic heterocycles. The van der Waals surface area contributed by atoms with E-state index in [0.29, 0.717) is 5.92 Å². The van der Waals surface area contributed by atoms with Crippen molar-refractivity contribution in [3.05, 3.63) is 29.8 Å². The molecule has 2 fully saturated rings. The number of piperidine rings is 1. The molecule has 0 amide bonds. The first kappa shape index (κ1) is 25.2. The second kappa shape index (κ2) is 13.4. The molecule has 1 aromatic carbocycles. The van der Waals surface area contributed by atoms with Crippen LogP contribution in [0.25, 0.3) is 0 Å². The van der Waals surface area contributed by atoms with Gasteiger partial charge in [-0.2, -0.15) is 0 Å². The van der Waals surface area contributed by atoms with Crippen molar-refractivity contribution < 1.29 is 4.74 Å². The number of benzene rings is 1. The van der Waals surface area contributed by atoms with E-state index >= 15 is 0 Å². The summed E-state index contributed by atoms with van der Waals surface area (Å²) in [6, 6.07) is 8.65. The van der Waals surface area contributed by atoms with Crippen molar-refractivity contribution in [2.75, 3.05) is 60.0 Å². The Morgan fingerprint density at radius 1 is 1.17 bits per heavy atom. The fourth-order valence-corrected chi connectivity index (χ4v) is 4.61. The molecule has 170 valence electrons. The topological polar surface area (TPSA) is 52.1 Å². The maximum atomic E-state index is 5.67. The summed E-state index contributed by atoms with van der Waals surface area (Å²) in [5.41, 5.74) is 1.24. The van der Waals surface area contributed by atoms with E-state index in [0.717, 1.165) is 44.4 Å². The Hall–Kier alpha value is -1.06. The van der Waals surface area contributed by atoms with Crippen molar-refractivity contribution in [3.63, 3.8) is 0 Å². The van der Waals surface area contributed by atoms with Crippen LogP contribution < -0.4 is 15.4 Å². The highest BCUT2D eigenvalue weighted by Crippen LogP contribution is 2.31. The average molecular weight is 530 g/mol. The molecule has 2 N–H and O–H groups in total. The van der Waals surface area contributed by atoms with E-state index in [1.165, 1.54) is 44.3 Å². The van der Waals surface area contributed by atoms with Crippen LogP contribution in [0.4, 0.5) is 0 Å². The lowest BCUT2D eigenvalue weighted by molar-refractivity contribution is 0.210. The summed E-state index contributed by atoms with van der Waals surface area (Å²) in [5.74, 6) is 2.59. The van der Waals surface area contributed by atoms with Crippen LogP contribution in [0, 0.1) is 5.92 Å². The van der Waals surface area contributed by atoms with Gasteiger partial charge < -0.3 is 20.3 Å². The smallest absolute Gasteiger partial charge is 0.191 e. The standard InChI is InChI=1S/C23H39N5O.HI/c1-4-24-23(25-16-19-10-9-13-27(2)18-19)26-17-21(28-14-7-8-15-28)20-11-5-6-12-22(20)29-3;/h5-6,11-12,19,21H,4,7-10,13-18H2,1-3H3,(H2,24,25,26);1H. The Morgan fingerprint density at radius 2 is 1.93 bits per heavy atom. The zero-order chi connectivity index (χ0) is 20.5. The summed E-state index contributed by atoms with van der Waals surface area (Å²) in [5, 5.41) is 7.03. The molecule has 0 bridgehead atoms. The summed E-state index contributed by atoms with van der Waals surface area (Å²) < 4.78 is 5.67. The van der Waals surface area contributed by atoms with Gasteiger partial charge in [-0.05, 0) is 71.3 Å². The second-order valence-electron chi connectivity index (χ2n) is 8.37. The molecule has 1 aromatic rings. The summed E-state index contributed by atoms with van der Waals surface area (Å²) in [4.78, 5) is 9.99. The molecule has 7 heteroatoms. The van der Waals surface area contributed by atoms with Gasteiger partial charge in [-0.25, -0.2) is 0 Å². The van der Waals surface area contributed by atoms with Crippen molar-refractivity contribution in [2.45, 2.75) is 38.6 Å². The predicted molar refractivity (Wildman–Crippen MR) is 136 cm³/mol. The molecule has 0 spiro atoms. The van der Waals surface area contributed by atoms with Crippen molar-refractivity contribution in [1.29, 1.82) is 0 Å². The van der Waals surface area contributed by atoms with Crippen LogP contribution in [0.15, 0.2) is 29.3 Å². The van der Waals surface area contributed by atoms with Gasteiger partial charge in [0.25, 0.3) is 0 Å². The first-order chi connectivity index (χ1) is 14.2. The number of para-hydroxylation sites is 1. The SMILES string of the molecule is CCNC(=NCC(c1ccccc1OC)N1CCCC1)NCC1CCCN(C)C1.I. The second-order valence-corrected chi connectivity index (χ2v) is 8.37. The maximum absolute atomic E-state index is 5.67. The number of likely N-dealkylation sites (tertiary alicyclic amines) is 2. The summed E-state index contributed by atoms with van der Waals surface area (Å²) in [6.45, 7) is 9.39. The normalized spacial score (nSPS) is 21.7. The van der Waals surface area contributed by atoms with Crippen molar-refractivity contribution in [3.8, 4) is 5.75 Å². The molecule has 2 heterocycles. The first-order valence-corrected chi connectivity index (χ1v) is 11.3. The monoisotopic (exact) mass is 529 g/mol. The number of methoxy groups -OCH3 is 1. The third-order valence-electron chi connectivity index (χ3n) is 6.13. The number of ether oxygens (including phenoxy) is 1. The van der Waals surface area contributed by atoms with Crippen molar-refractivity contribution >= 4 is 29.9 Å². The Morgan fingerprint density at radius 3 is 2.63 bits per heavy atom. The Bertz CT molecular complexity index is 650. The Kier molecular flexibility index (Phi) is 11.2. The van der Waals surface area contributed by atoms with E-state index in [2.05, 4.69) is 52.6 Å². The van der Waals surface area contributed by atoms with Gasteiger partial charge in [0.1, 0.15) is 5.75 Å². The van der Waals surface area contributed by atoms with E-state index in [-0.39, 0.29) is 30.0 Å². The van der Waals surface area contributed by atoms with Gasteiger partial charge in [0.05, 0.1) is 19.7 Å². The Balaban J connectivity index is 0.00000320. The number of rotatable bonds is 8. The predicted octanol–water partition coefficient (Wildman–Crippen LogP) is 3.35. The van der Waals surface area contributed by atoms with Gasteiger partial charge in [-0.1, -0.05) is 18.2 Å². The molecule has 2 saturated heterocycles. The molecular weight excluding hydrogens is 489 g/mol. The van der Waals surface area contributed by atoms with Crippen LogP contribution in [0.5, 0.6) is 5.75 Å². The highest BCUT2D eigenvalue weighted by atomic mass is 127. The maximum Gasteiger partial charge on any atom is 0.191 e. The summed E-state index contributed by atoms with van der Waals surface area (Å²) in [6.07, 6.45) is 5.13. The zero-order valence-electron chi connectivity index (χ0n) is 18.9. The van der Waals surface area contributed by atoms with Crippen molar-refractivity contribution in [1.82, 2.24) is 20.4 Å². The lowest BCUT2D eigenvalue weighted by atomic mass is 9.99. The minimum atomic E-state index is 0. The van der Waals surface area contributed by atoms with E-state index in [1.807, 2.05) is 6.07 Å². The minimum Gasteiger partial charge on any atom is -0.496 e. The molecule has 30 heavy (non-hydrogen) atoms. The average Bonchev–Trinajstić information content (AvgIpc) is 3.27. The number of guanidine groups is 1. The van der Waals surface area contributed by atoms with Gasteiger partial charge in [0, 0.05) is 25.2 Å². The Labute approximate surface area is 199 Å². The summed E-state index contributed by atoms with van der Waals surface area (Å²) in [7, 11) is 3.98. The molecular formula is C23H40IN5O. The van der Waals surface area contributed by atoms with E-state index in [9.17, 15) is 0 Å². The quantitative estimate of drug-likeness (QED) is 0.308. The largest absolute Gasteiger partial charge is 0.496 e. The third kappa shape index (κ3) is 7.27. The van der Waals surface area contributed by atoms with Gasteiger partial charge >= 0.3 is 0 Å². The molecule has 2 aliphatic rings. The van der Waals surface area contributed by atoms with Crippen LogP contribution in [0.3, 0.4) is 0 Å². The van der Waals surface area contributed by atoms with Gasteiger partial charge in [0.15, 0.2) is 5.96 Å². The van der Waals surface area contributed by atoms with Gasteiger partial charge in [0.2, 0.25) is 0 Å². The lowest BCUT2D eigenvalue weighted by Crippen LogP contribution is -2.44. The number of nitrogens with one attached hydrogen (secondary N) is 2. The fourth-order valence-electron chi connectivity index (χ4n) is 4.61. The van der Waals surface area contributed by atoms with E-state index in [4.69, 9.17) is 9.73 Å². The van der Waals surface area contributed by atoms with Gasteiger partial charge in [-0.3, -0.25) is 9.89 Å². The first-order valence-electron chi connectivity index (χ1n) is 11.3.